The number of hydrogen-bond acceptors (Lipinski definition) is 2. The van der Waals surface area contributed by atoms with E-state index in [9.17, 15) is 4.79 Å². The summed E-state index contributed by atoms with van der Waals surface area (Å²) < 4.78 is 0. The maximum atomic E-state index is 10.8. The van der Waals surface area contributed by atoms with E-state index >= 15 is 0 Å². The van der Waals surface area contributed by atoms with Gasteiger partial charge >= 0.3 is 5.97 Å². The standard InChI is InChI=1S/C14H15NO2/c15-9-11(8-14(16)17)13-7-3-5-10-4-1-2-6-12(10)13/h1-7,11H,8-9,15H2,(H,16,17)/t11-/m0/s1. The van der Waals surface area contributed by atoms with Crippen molar-refractivity contribution in [2.75, 3.05) is 6.54 Å². The van der Waals surface area contributed by atoms with Gasteiger partial charge in [-0.3, -0.25) is 4.79 Å². The molecule has 3 nitrogen and oxygen atoms in total. The van der Waals surface area contributed by atoms with E-state index < -0.39 is 5.97 Å². The van der Waals surface area contributed by atoms with Crippen molar-refractivity contribution in [1.82, 2.24) is 0 Å². The van der Waals surface area contributed by atoms with Gasteiger partial charge in [-0.25, -0.2) is 0 Å². The van der Waals surface area contributed by atoms with Crippen molar-refractivity contribution in [2.24, 2.45) is 5.73 Å². The molecular formula is C14H15NO2. The molecule has 2 aromatic carbocycles. The Morgan fingerprint density at radius 2 is 1.88 bits per heavy atom. The molecule has 17 heavy (non-hydrogen) atoms. The number of hydrogen-bond donors (Lipinski definition) is 2. The second-order valence-electron chi connectivity index (χ2n) is 4.10. The van der Waals surface area contributed by atoms with Crippen LogP contribution in [0.15, 0.2) is 42.5 Å². The molecule has 0 aliphatic heterocycles. The lowest BCUT2D eigenvalue weighted by atomic mass is 9.91. The number of nitrogens with two attached hydrogens (primary N) is 1. The van der Waals surface area contributed by atoms with E-state index in [2.05, 4.69) is 0 Å². The van der Waals surface area contributed by atoms with E-state index in [1.165, 1.54) is 0 Å². The second kappa shape index (κ2) is 4.97. The van der Waals surface area contributed by atoms with Crippen molar-refractivity contribution in [3.05, 3.63) is 48.0 Å². The molecule has 0 bridgehead atoms. The highest BCUT2D eigenvalue weighted by atomic mass is 16.4. The minimum absolute atomic E-state index is 0.0739. The zero-order valence-corrected chi connectivity index (χ0v) is 9.47. The van der Waals surface area contributed by atoms with Gasteiger partial charge in [-0.2, -0.15) is 0 Å². The Morgan fingerprint density at radius 1 is 1.18 bits per heavy atom. The van der Waals surface area contributed by atoms with Gasteiger partial charge in [-0.15, -0.1) is 0 Å². The van der Waals surface area contributed by atoms with Crippen molar-refractivity contribution >= 4 is 16.7 Å². The maximum Gasteiger partial charge on any atom is 0.304 e. The topological polar surface area (TPSA) is 63.3 Å². The first kappa shape index (κ1) is 11.6. The smallest absolute Gasteiger partial charge is 0.304 e. The van der Waals surface area contributed by atoms with Gasteiger partial charge in [-0.1, -0.05) is 42.5 Å². The number of rotatable bonds is 4. The number of benzene rings is 2. The predicted molar refractivity (Wildman–Crippen MR) is 68.0 cm³/mol. The Balaban J connectivity index is 2.49. The van der Waals surface area contributed by atoms with Gasteiger partial charge < -0.3 is 10.8 Å². The Bertz CT molecular complexity index is 531. The Morgan fingerprint density at radius 3 is 2.59 bits per heavy atom. The lowest BCUT2D eigenvalue weighted by Gasteiger charge is -2.15. The van der Waals surface area contributed by atoms with Crippen LogP contribution in [-0.4, -0.2) is 17.6 Å². The molecule has 0 saturated carbocycles. The molecule has 2 rings (SSSR count). The molecule has 0 amide bonds. The van der Waals surface area contributed by atoms with E-state index in [0.717, 1.165) is 16.3 Å². The molecule has 2 aromatic rings. The fraction of sp³-hybridized carbons (Fsp3) is 0.214. The highest BCUT2D eigenvalue weighted by Crippen LogP contribution is 2.27. The first-order chi connectivity index (χ1) is 8.22. The third-order valence-corrected chi connectivity index (χ3v) is 2.97. The molecule has 88 valence electrons. The van der Waals surface area contributed by atoms with Gasteiger partial charge in [-0.05, 0) is 22.9 Å². The lowest BCUT2D eigenvalue weighted by Crippen LogP contribution is -2.16. The zero-order chi connectivity index (χ0) is 12.3. The molecule has 0 fully saturated rings. The van der Waals surface area contributed by atoms with Gasteiger partial charge in [0.15, 0.2) is 0 Å². The van der Waals surface area contributed by atoms with Crippen LogP contribution in [0.25, 0.3) is 10.8 Å². The average molecular weight is 229 g/mol. The molecule has 0 aliphatic carbocycles. The van der Waals surface area contributed by atoms with Gasteiger partial charge in [0.1, 0.15) is 0 Å². The largest absolute Gasteiger partial charge is 0.481 e. The molecular weight excluding hydrogens is 214 g/mol. The van der Waals surface area contributed by atoms with Gasteiger partial charge in [0.25, 0.3) is 0 Å². The maximum absolute atomic E-state index is 10.8. The number of fused-ring (bicyclic) bond motifs is 1. The highest BCUT2D eigenvalue weighted by Gasteiger charge is 2.15. The zero-order valence-electron chi connectivity index (χ0n) is 9.47. The summed E-state index contributed by atoms with van der Waals surface area (Å²) >= 11 is 0. The summed E-state index contributed by atoms with van der Waals surface area (Å²) in [5.74, 6) is -0.938. The first-order valence-electron chi connectivity index (χ1n) is 5.62. The summed E-state index contributed by atoms with van der Waals surface area (Å²) in [6, 6.07) is 13.9. The number of carbonyl (C=O) groups is 1. The predicted octanol–water partition coefficient (Wildman–Crippen LogP) is 2.36. The minimum atomic E-state index is -0.812. The van der Waals surface area contributed by atoms with Crippen LogP contribution in [-0.2, 0) is 4.79 Å². The normalized spacial score (nSPS) is 12.5. The van der Waals surface area contributed by atoms with Crippen molar-refractivity contribution in [3.63, 3.8) is 0 Å². The fourth-order valence-corrected chi connectivity index (χ4v) is 2.14. The average Bonchev–Trinajstić information content (AvgIpc) is 2.35. The Hall–Kier alpha value is -1.87. The van der Waals surface area contributed by atoms with Crippen LogP contribution >= 0.6 is 0 Å². The summed E-state index contributed by atoms with van der Waals surface area (Å²) in [5.41, 5.74) is 6.70. The lowest BCUT2D eigenvalue weighted by molar-refractivity contribution is -0.137. The molecule has 0 unspecified atom stereocenters. The molecule has 1 atom stereocenters. The SMILES string of the molecule is NC[C@H](CC(=O)O)c1cccc2ccccc12. The van der Waals surface area contributed by atoms with Crippen LogP contribution in [0.2, 0.25) is 0 Å². The van der Waals surface area contributed by atoms with Gasteiger partial charge in [0.2, 0.25) is 0 Å². The molecule has 3 N–H and O–H groups in total. The quantitative estimate of drug-likeness (QED) is 0.845. The van der Waals surface area contributed by atoms with Crippen molar-refractivity contribution < 1.29 is 9.90 Å². The summed E-state index contributed by atoms with van der Waals surface area (Å²) in [6.45, 7) is 0.348. The van der Waals surface area contributed by atoms with Crippen molar-refractivity contribution in [2.45, 2.75) is 12.3 Å². The number of carboxylic acids is 1. The van der Waals surface area contributed by atoms with E-state index in [0.29, 0.717) is 6.54 Å². The Kier molecular flexibility index (Phi) is 3.40. The monoisotopic (exact) mass is 229 g/mol. The van der Waals surface area contributed by atoms with Crippen LogP contribution < -0.4 is 5.73 Å². The van der Waals surface area contributed by atoms with E-state index in [-0.39, 0.29) is 12.3 Å². The molecule has 0 saturated heterocycles. The van der Waals surface area contributed by atoms with Gasteiger partial charge in [0, 0.05) is 5.92 Å². The summed E-state index contributed by atoms with van der Waals surface area (Å²) in [5, 5.41) is 11.1. The summed E-state index contributed by atoms with van der Waals surface area (Å²) in [4.78, 5) is 10.8. The van der Waals surface area contributed by atoms with Crippen LogP contribution in [0.3, 0.4) is 0 Å². The van der Waals surface area contributed by atoms with E-state index in [1.807, 2.05) is 42.5 Å². The van der Waals surface area contributed by atoms with E-state index in [4.69, 9.17) is 10.8 Å². The van der Waals surface area contributed by atoms with Crippen LogP contribution in [0.5, 0.6) is 0 Å². The Labute approximate surface area is 99.9 Å². The second-order valence-corrected chi connectivity index (χ2v) is 4.10. The number of aliphatic carboxylic acids is 1. The highest BCUT2D eigenvalue weighted by molar-refractivity contribution is 5.86. The molecule has 0 radical (unpaired) electrons. The molecule has 0 aliphatic rings. The van der Waals surface area contributed by atoms with Crippen LogP contribution in [0.1, 0.15) is 17.9 Å². The first-order valence-corrected chi connectivity index (χ1v) is 5.62. The molecule has 3 heteroatoms. The van der Waals surface area contributed by atoms with Crippen molar-refractivity contribution in [3.8, 4) is 0 Å². The van der Waals surface area contributed by atoms with Crippen LogP contribution in [0.4, 0.5) is 0 Å². The molecule has 0 spiro atoms. The fourth-order valence-electron chi connectivity index (χ4n) is 2.14. The number of carboxylic acid groups (broad SMARTS) is 1. The van der Waals surface area contributed by atoms with Crippen molar-refractivity contribution in [1.29, 1.82) is 0 Å². The van der Waals surface area contributed by atoms with Crippen LogP contribution in [0, 0.1) is 0 Å². The molecule has 0 heterocycles. The summed E-state index contributed by atoms with van der Waals surface area (Å²) in [7, 11) is 0. The molecule has 0 aromatic heterocycles. The van der Waals surface area contributed by atoms with E-state index in [1.54, 1.807) is 0 Å². The third kappa shape index (κ3) is 2.45. The summed E-state index contributed by atoms with van der Waals surface area (Å²) in [6.07, 6.45) is 0.0739. The minimum Gasteiger partial charge on any atom is -0.481 e. The third-order valence-electron chi connectivity index (χ3n) is 2.97. The van der Waals surface area contributed by atoms with Gasteiger partial charge in [0.05, 0.1) is 6.42 Å².